The Labute approximate surface area is 182 Å². The van der Waals surface area contributed by atoms with Gasteiger partial charge in [-0.3, -0.25) is 0 Å². The Hall–Kier alpha value is -2.80. The maximum absolute atomic E-state index is 12.1. The number of anilines is 1. The van der Waals surface area contributed by atoms with E-state index in [9.17, 15) is 4.79 Å². The lowest BCUT2D eigenvalue weighted by molar-refractivity contribution is 0.0526. The Morgan fingerprint density at radius 2 is 2.03 bits per heavy atom. The van der Waals surface area contributed by atoms with Gasteiger partial charge in [-0.05, 0) is 75.8 Å². The number of aryl methyl sites for hydroxylation is 1. The summed E-state index contributed by atoms with van der Waals surface area (Å²) in [4.78, 5) is 12.1. The van der Waals surface area contributed by atoms with Crippen LogP contribution in [0.5, 0.6) is 11.5 Å². The summed E-state index contributed by atoms with van der Waals surface area (Å²) in [6, 6.07) is 11.1. The first-order valence-corrected chi connectivity index (χ1v) is 10.4. The van der Waals surface area contributed by atoms with E-state index in [2.05, 4.69) is 24.5 Å². The third-order valence-electron chi connectivity index (χ3n) is 4.98. The third-order valence-corrected chi connectivity index (χ3v) is 5.20. The predicted octanol–water partition coefficient (Wildman–Crippen LogP) is 4.77. The summed E-state index contributed by atoms with van der Waals surface area (Å²) in [5, 5.41) is 7.09. The fourth-order valence-electron chi connectivity index (χ4n) is 3.50. The van der Waals surface area contributed by atoms with Crippen LogP contribution in [-0.2, 0) is 4.74 Å². The maximum Gasteiger partial charge on any atom is 0.338 e. The van der Waals surface area contributed by atoms with Crippen molar-refractivity contribution in [3.05, 3.63) is 53.1 Å². The Bertz CT molecular complexity index is 958. The number of carbonyl (C=O) groups is 1. The van der Waals surface area contributed by atoms with Gasteiger partial charge in [-0.25, -0.2) is 4.79 Å². The highest BCUT2D eigenvalue weighted by molar-refractivity contribution is 7.80. The molecular weight excluding hydrogens is 400 g/mol. The molecule has 2 aromatic carbocycles. The van der Waals surface area contributed by atoms with E-state index in [0.717, 1.165) is 34.7 Å². The van der Waals surface area contributed by atoms with Crippen LogP contribution in [0.3, 0.4) is 0 Å². The molecule has 0 fully saturated rings. The summed E-state index contributed by atoms with van der Waals surface area (Å²) in [6.45, 7) is 8.18. The number of rotatable bonds is 5. The zero-order chi connectivity index (χ0) is 21.9. The quantitative estimate of drug-likeness (QED) is 0.525. The minimum atomic E-state index is -0.355. The van der Waals surface area contributed by atoms with Crippen LogP contribution in [0.2, 0.25) is 0 Å². The van der Waals surface area contributed by atoms with E-state index >= 15 is 0 Å². The topological polar surface area (TPSA) is 68.8 Å². The molecule has 0 amide bonds. The van der Waals surface area contributed by atoms with Crippen LogP contribution in [0.25, 0.3) is 0 Å². The molecule has 2 N–H and O–H groups in total. The first-order valence-electron chi connectivity index (χ1n) is 9.94. The van der Waals surface area contributed by atoms with Gasteiger partial charge < -0.3 is 24.8 Å². The van der Waals surface area contributed by atoms with E-state index in [1.165, 1.54) is 0 Å². The molecule has 0 radical (unpaired) electrons. The number of methoxy groups -OCH3 is 1. The van der Waals surface area contributed by atoms with Gasteiger partial charge in [0.25, 0.3) is 0 Å². The molecule has 0 aliphatic carbocycles. The van der Waals surface area contributed by atoms with E-state index < -0.39 is 0 Å². The van der Waals surface area contributed by atoms with Gasteiger partial charge in [0.1, 0.15) is 17.1 Å². The van der Waals surface area contributed by atoms with Crippen LogP contribution in [0, 0.1) is 6.92 Å². The van der Waals surface area contributed by atoms with Crippen molar-refractivity contribution in [1.82, 2.24) is 5.32 Å². The lowest BCUT2D eigenvalue weighted by Gasteiger charge is -2.38. The number of ether oxygens (including phenoxy) is 3. The minimum Gasteiger partial charge on any atom is -0.497 e. The lowest BCUT2D eigenvalue weighted by Crippen LogP contribution is -2.42. The van der Waals surface area contributed by atoms with E-state index in [0.29, 0.717) is 17.3 Å². The van der Waals surface area contributed by atoms with Gasteiger partial charge in [0.2, 0.25) is 0 Å². The minimum absolute atomic E-state index is 0.0487. The molecule has 6 nitrogen and oxygen atoms in total. The summed E-state index contributed by atoms with van der Waals surface area (Å²) < 4.78 is 16.6. The summed E-state index contributed by atoms with van der Waals surface area (Å²) in [5.74, 6) is 1.22. The van der Waals surface area contributed by atoms with Crippen molar-refractivity contribution >= 4 is 29.0 Å². The third kappa shape index (κ3) is 5.02. The van der Waals surface area contributed by atoms with Crippen molar-refractivity contribution in [2.75, 3.05) is 19.0 Å². The molecule has 0 saturated carbocycles. The van der Waals surface area contributed by atoms with Crippen LogP contribution in [-0.4, -0.2) is 30.4 Å². The number of carbonyl (C=O) groups excluding carboxylic acids is 1. The largest absolute Gasteiger partial charge is 0.497 e. The van der Waals surface area contributed by atoms with Crippen LogP contribution >= 0.6 is 12.2 Å². The van der Waals surface area contributed by atoms with Crippen LogP contribution < -0.4 is 20.1 Å². The molecule has 30 heavy (non-hydrogen) atoms. The van der Waals surface area contributed by atoms with E-state index in [1.54, 1.807) is 26.2 Å². The summed E-state index contributed by atoms with van der Waals surface area (Å²) in [7, 11) is 1.64. The fraction of sp³-hybridized carbons (Fsp3) is 0.391. The molecule has 1 atom stereocenters. The van der Waals surface area contributed by atoms with Crippen molar-refractivity contribution in [2.24, 2.45) is 0 Å². The standard InChI is InChI=1S/C23H28N2O4S/c1-6-28-21(26)15-8-7-14(2)18(11-15)24-22(30)25-19-13-23(3,4)29-20-10-9-16(27-5)12-17(19)20/h7-12,19H,6,13H2,1-5H3,(H2,24,25,30)/t19-/m0/s1. The van der Waals surface area contributed by atoms with Crippen molar-refractivity contribution in [3.63, 3.8) is 0 Å². The van der Waals surface area contributed by atoms with Crippen molar-refractivity contribution in [1.29, 1.82) is 0 Å². The van der Waals surface area contributed by atoms with E-state index in [-0.39, 0.29) is 17.6 Å². The second-order valence-corrected chi connectivity index (χ2v) is 8.28. The van der Waals surface area contributed by atoms with E-state index in [1.807, 2.05) is 31.2 Å². The van der Waals surface area contributed by atoms with Gasteiger partial charge >= 0.3 is 5.97 Å². The molecule has 7 heteroatoms. The molecular formula is C23H28N2O4S. The van der Waals surface area contributed by atoms with Gasteiger partial charge in [0.05, 0.1) is 25.3 Å². The summed E-state index contributed by atoms with van der Waals surface area (Å²) in [6.07, 6.45) is 0.733. The second kappa shape index (κ2) is 8.92. The number of fused-ring (bicyclic) bond motifs is 1. The highest BCUT2D eigenvalue weighted by Gasteiger charge is 2.34. The van der Waals surface area contributed by atoms with Crippen LogP contribution in [0.15, 0.2) is 36.4 Å². The molecule has 0 spiro atoms. The first kappa shape index (κ1) is 21.9. The zero-order valence-electron chi connectivity index (χ0n) is 18.0. The van der Waals surface area contributed by atoms with E-state index in [4.69, 9.17) is 26.4 Å². The van der Waals surface area contributed by atoms with Crippen LogP contribution in [0.1, 0.15) is 54.7 Å². The molecule has 1 aliphatic heterocycles. The number of nitrogens with one attached hydrogen (secondary N) is 2. The van der Waals surface area contributed by atoms with Crippen molar-refractivity contribution in [3.8, 4) is 11.5 Å². The molecule has 160 valence electrons. The van der Waals surface area contributed by atoms with Gasteiger partial charge in [-0.15, -0.1) is 0 Å². The summed E-state index contributed by atoms with van der Waals surface area (Å²) in [5.41, 5.74) is 2.87. The van der Waals surface area contributed by atoms with Gasteiger partial charge in [0.15, 0.2) is 5.11 Å². The smallest absolute Gasteiger partial charge is 0.338 e. The second-order valence-electron chi connectivity index (χ2n) is 7.87. The number of hydrogen-bond acceptors (Lipinski definition) is 5. The van der Waals surface area contributed by atoms with Gasteiger partial charge in [-0.1, -0.05) is 6.07 Å². The Kier molecular flexibility index (Phi) is 6.51. The number of benzene rings is 2. The average Bonchev–Trinajstić information content (AvgIpc) is 2.68. The van der Waals surface area contributed by atoms with Crippen LogP contribution in [0.4, 0.5) is 5.69 Å². The van der Waals surface area contributed by atoms with Crippen molar-refractivity contribution < 1.29 is 19.0 Å². The molecule has 1 aliphatic rings. The maximum atomic E-state index is 12.1. The Morgan fingerprint density at radius 1 is 1.27 bits per heavy atom. The molecule has 0 saturated heterocycles. The fourth-order valence-corrected chi connectivity index (χ4v) is 3.76. The highest BCUT2D eigenvalue weighted by Crippen LogP contribution is 2.41. The predicted molar refractivity (Wildman–Crippen MR) is 122 cm³/mol. The Morgan fingerprint density at radius 3 is 2.73 bits per heavy atom. The lowest BCUT2D eigenvalue weighted by atomic mass is 9.89. The highest BCUT2D eigenvalue weighted by atomic mass is 32.1. The normalized spacial score (nSPS) is 16.6. The average molecular weight is 429 g/mol. The monoisotopic (exact) mass is 428 g/mol. The first-order chi connectivity index (χ1) is 14.2. The molecule has 1 heterocycles. The molecule has 2 aromatic rings. The number of esters is 1. The SMILES string of the molecule is CCOC(=O)c1ccc(C)c(NC(=S)N[C@H]2CC(C)(C)Oc3ccc(OC)cc32)c1. The molecule has 0 unspecified atom stereocenters. The molecule has 0 bridgehead atoms. The summed E-state index contributed by atoms with van der Waals surface area (Å²) >= 11 is 5.59. The van der Waals surface area contributed by atoms with Gasteiger partial charge in [-0.2, -0.15) is 0 Å². The molecule has 0 aromatic heterocycles. The number of thiocarbonyl (C=S) groups is 1. The van der Waals surface area contributed by atoms with Gasteiger partial charge in [0, 0.05) is 17.7 Å². The molecule has 3 rings (SSSR count). The Balaban J connectivity index is 1.80. The number of hydrogen-bond donors (Lipinski definition) is 2. The van der Waals surface area contributed by atoms with Crippen molar-refractivity contribution in [2.45, 2.75) is 45.8 Å². The zero-order valence-corrected chi connectivity index (χ0v) is 18.8.